The fraction of sp³-hybridized carbons (Fsp3) is 0.727. The first-order chi connectivity index (χ1) is 28.0. The number of ketones is 1. The maximum absolute atomic E-state index is 17.0. The highest BCUT2D eigenvalue weighted by atomic mass is 19.1. The summed E-state index contributed by atoms with van der Waals surface area (Å²) < 4.78 is 41.1. The number of cyclic esters (lactones) is 1. The number of nitrogens with two attached hydrogens (primary N) is 1. The molecule has 0 spiro atoms. The van der Waals surface area contributed by atoms with Crippen LogP contribution in [0.1, 0.15) is 113 Å². The first-order valence-electron chi connectivity index (χ1n) is 21.2. The van der Waals surface area contributed by atoms with Gasteiger partial charge in [0.1, 0.15) is 24.4 Å². The Morgan fingerprint density at radius 2 is 1.82 bits per heavy atom. The molecular formula is C44H66FN5O10. The maximum atomic E-state index is 17.0. The van der Waals surface area contributed by atoms with Gasteiger partial charge in [-0.3, -0.25) is 9.59 Å². The van der Waals surface area contributed by atoms with E-state index in [9.17, 15) is 24.6 Å². The number of benzene rings is 1. The highest BCUT2D eigenvalue weighted by molar-refractivity contribution is 6.08. The van der Waals surface area contributed by atoms with E-state index in [1.54, 1.807) is 19.9 Å². The molecular weight excluding hydrogens is 778 g/mol. The van der Waals surface area contributed by atoms with Crippen LogP contribution < -0.4 is 5.73 Å². The quantitative estimate of drug-likeness (QED) is 0.167. The van der Waals surface area contributed by atoms with Crippen molar-refractivity contribution in [1.82, 2.24) is 10.1 Å². The third-order valence-electron chi connectivity index (χ3n) is 13.3. The smallest absolute Gasteiger partial charge is 0.351 e. The van der Waals surface area contributed by atoms with Crippen LogP contribution in [-0.4, -0.2) is 111 Å². The van der Waals surface area contributed by atoms with E-state index < -0.39 is 82.6 Å². The molecule has 0 radical (unpaired) electrons. The maximum Gasteiger partial charge on any atom is 0.351 e. The Morgan fingerprint density at radius 1 is 1.12 bits per heavy atom. The highest BCUT2D eigenvalue weighted by Crippen LogP contribution is 2.47. The van der Waals surface area contributed by atoms with Crippen LogP contribution in [0.2, 0.25) is 0 Å². The molecule has 3 aliphatic rings. The van der Waals surface area contributed by atoms with Crippen LogP contribution in [0.3, 0.4) is 0 Å². The molecule has 1 aromatic heterocycles. The molecule has 60 heavy (non-hydrogen) atoms. The summed E-state index contributed by atoms with van der Waals surface area (Å²) in [5.41, 5.74) is 2.52. The number of amides is 1. The number of carbonyl (C=O) groups is 3. The number of carbonyl (C=O) groups excluding carboxylic acids is 3. The second-order valence-electron chi connectivity index (χ2n) is 18.4. The number of halogens is 1. The number of oxime groups is 1. The number of aliphatic hydroxyl groups excluding tert-OH is 1. The Hall–Kier alpha value is -3.83. The Morgan fingerprint density at radius 3 is 2.47 bits per heavy atom. The van der Waals surface area contributed by atoms with Crippen molar-refractivity contribution in [3.05, 3.63) is 23.8 Å². The first kappa shape index (κ1) is 47.2. The number of aliphatic imine (C=N–C) groups is 1. The predicted molar refractivity (Wildman–Crippen MR) is 224 cm³/mol. The van der Waals surface area contributed by atoms with Gasteiger partial charge in [0.25, 0.3) is 5.67 Å². The molecule has 2 aromatic rings. The lowest BCUT2D eigenvalue weighted by Crippen LogP contribution is -2.59. The van der Waals surface area contributed by atoms with Crippen molar-refractivity contribution in [3.8, 4) is 0 Å². The summed E-state index contributed by atoms with van der Waals surface area (Å²) in [5.74, 6) is -5.64. The van der Waals surface area contributed by atoms with E-state index in [4.69, 9.17) is 29.3 Å². The van der Waals surface area contributed by atoms with Gasteiger partial charge in [0.15, 0.2) is 23.5 Å². The fourth-order valence-electron chi connectivity index (χ4n) is 9.97. The van der Waals surface area contributed by atoms with Gasteiger partial charge in [-0.1, -0.05) is 51.0 Å². The number of fused-ring (bicyclic) bond motifs is 6. The summed E-state index contributed by atoms with van der Waals surface area (Å²) in [4.78, 5) is 53.8. The molecule has 5 rings (SSSR count). The summed E-state index contributed by atoms with van der Waals surface area (Å²) in [6, 6.07) is 5.04. The lowest BCUT2D eigenvalue weighted by Gasteiger charge is -2.48. The van der Waals surface area contributed by atoms with Crippen molar-refractivity contribution in [2.45, 2.75) is 162 Å². The normalized spacial score (nSPS) is 39.0. The van der Waals surface area contributed by atoms with E-state index in [2.05, 4.69) is 15.3 Å². The number of likely N-dealkylation sites (N-methyl/N-ethyl adjacent to an activating group) is 1. The van der Waals surface area contributed by atoms with Crippen LogP contribution in [0.5, 0.6) is 0 Å². The fourth-order valence-corrected chi connectivity index (χ4v) is 9.97. The molecule has 1 aliphatic carbocycles. The van der Waals surface area contributed by atoms with Crippen molar-refractivity contribution >= 4 is 45.9 Å². The average Bonchev–Trinajstić information content (AvgIpc) is 3.54. The molecule has 16 heteroatoms. The molecule has 1 aromatic carbocycles. The van der Waals surface area contributed by atoms with Gasteiger partial charge in [0.2, 0.25) is 5.91 Å². The zero-order valence-corrected chi connectivity index (χ0v) is 37.1. The van der Waals surface area contributed by atoms with E-state index in [-0.39, 0.29) is 37.4 Å². The number of hydrogen-bond acceptors (Lipinski definition) is 14. The van der Waals surface area contributed by atoms with Crippen molar-refractivity contribution < 1.29 is 52.6 Å². The molecule has 15 nitrogen and oxygen atoms in total. The van der Waals surface area contributed by atoms with Gasteiger partial charge in [0.05, 0.1) is 23.3 Å². The Balaban J connectivity index is 1.69. The molecule has 2 saturated heterocycles. The van der Waals surface area contributed by atoms with Gasteiger partial charge in [-0.25, -0.2) is 14.2 Å². The molecule has 1 amide bonds. The van der Waals surface area contributed by atoms with Crippen LogP contribution in [0.25, 0.3) is 11.0 Å². The second kappa shape index (κ2) is 18.6. The number of anilines is 1. The molecule has 3 heterocycles. The molecule has 13 atom stereocenters. The number of rotatable bonds is 7. The van der Waals surface area contributed by atoms with Crippen LogP contribution in [0.15, 0.2) is 32.9 Å². The number of nitrogens with zero attached hydrogens (tertiary/aromatic N) is 4. The molecule has 4 N–H and O–H groups in total. The number of ether oxygens (including phenoxy) is 3. The molecule has 3 fully saturated rings. The summed E-state index contributed by atoms with van der Waals surface area (Å²) in [6.45, 7) is 14.7. The number of alkyl halides is 1. The number of esters is 1. The summed E-state index contributed by atoms with van der Waals surface area (Å²) in [7, 11) is 3.70. The van der Waals surface area contributed by atoms with Crippen LogP contribution in [0.4, 0.5) is 10.2 Å². The lowest BCUT2D eigenvalue weighted by molar-refractivity contribution is -0.287. The number of Topliss-reactive ketones (excluding diaryl/α,β-unsaturated/α-hetero) is 1. The van der Waals surface area contributed by atoms with Gasteiger partial charge >= 0.3 is 5.97 Å². The SMILES string of the molecule is CC[C@H]1OC(=O)[C@@](C)(F)C(=O)[C@H](C)[C@@H](O[C@@H]2O[C@H](C)C[C@H](N(C)C)[C@H]2O)[C@]2(C)CC/C(=N/OCc3ccc4onc(N)c4c3)CC[C@H]([C@@H](C)C(=NC(C)=O)[C@H](C)C2)[C@]1(C)O. The van der Waals surface area contributed by atoms with Crippen LogP contribution in [-0.2, 0) is 40.0 Å². The van der Waals surface area contributed by atoms with Gasteiger partial charge in [-0.15, -0.1) is 0 Å². The number of aliphatic hydroxyl groups is 2. The number of hydrogen-bond donors (Lipinski definition) is 3. The second-order valence-corrected chi connectivity index (χ2v) is 18.4. The van der Waals surface area contributed by atoms with Gasteiger partial charge in [-0.05, 0) is 115 Å². The third kappa shape index (κ3) is 9.93. The molecule has 1 saturated carbocycles. The minimum Gasteiger partial charge on any atom is -0.457 e. The highest BCUT2D eigenvalue weighted by Gasteiger charge is 2.56. The molecule has 334 valence electrons. The Bertz CT molecular complexity index is 1930. The largest absolute Gasteiger partial charge is 0.457 e. The van der Waals surface area contributed by atoms with E-state index in [1.165, 1.54) is 13.8 Å². The average molecular weight is 844 g/mol. The molecule has 2 aliphatic heterocycles. The zero-order valence-electron chi connectivity index (χ0n) is 37.1. The Kier molecular flexibility index (Phi) is 14.7. The van der Waals surface area contributed by atoms with Crippen LogP contribution >= 0.6 is 0 Å². The Labute approximate surface area is 352 Å². The topological polar surface area (TPSA) is 209 Å². The minimum atomic E-state index is -3.13. The van der Waals surface area contributed by atoms with Gasteiger partial charge < -0.3 is 44.4 Å². The van der Waals surface area contributed by atoms with Crippen LogP contribution in [0, 0.1) is 29.1 Å². The monoisotopic (exact) mass is 843 g/mol. The standard InChI is InChI=1S/C44H66FN5O10/c1-12-34-44(9,55)31-15-14-29(48-56-22-28-13-16-33-30(20-28)39(46)49-60-33)17-18-42(7,21-23(2)35(25(31)4)47-27(6)51)38(26(5)37(53)43(8,45)41(54)58-34)59-40-36(52)32(50(10)11)19-24(3)57-40/h13,16,20,23-26,31-32,34,36,38,40,52,55H,12,14-15,17-19,21-22H2,1-11H3,(H2,46,49)/b47-35?,48-29+/t23-,24-,25-,26+,31-,32+,34-,36-,38-,40+,42-,43+,44+/m1/s1. The molecule has 0 unspecified atom stereocenters. The summed E-state index contributed by atoms with van der Waals surface area (Å²) in [5, 5.41) is 33.3. The van der Waals surface area contributed by atoms with Crippen molar-refractivity contribution in [1.29, 1.82) is 0 Å². The first-order valence-corrected chi connectivity index (χ1v) is 21.2. The minimum absolute atomic E-state index is 0.0908. The van der Waals surface area contributed by atoms with E-state index >= 15 is 4.39 Å². The summed E-state index contributed by atoms with van der Waals surface area (Å²) >= 11 is 0. The van der Waals surface area contributed by atoms with E-state index in [0.717, 1.165) is 12.5 Å². The zero-order chi connectivity index (χ0) is 44.5. The molecule has 2 bridgehead atoms. The van der Waals surface area contributed by atoms with E-state index in [0.29, 0.717) is 54.5 Å². The van der Waals surface area contributed by atoms with Gasteiger partial charge in [0, 0.05) is 30.5 Å². The lowest BCUT2D eigenvalue weighted by atomic mass is 9.65. The number of nitrogen functional groups attached to an aromatic ring is 1. The van der Waals surface area contributed by atoms with Crippen molar-refractivity contribution in [2.24, 2.45) is 39.2 Å². The predicted octanol–water partition coefficient (Wildman–Crippen LogP) is 5.96. The van der Waals surface area contributed by atoms with Crippen molar-refractivity contribution in [2.75, 3.05) is 19.8 Å². The van der Waals surface area contributed by atoms with E-state index in [1.807, 2.05) is 58.8 Å². The van der Waals surface area contributed by atoms with Crippen molar-refractivity contribution in [3.63, 3.8) is 0 Å². The third-order valence-corrected chi connectivity index (χ3v) is 13.3. The van der Waals surface area contributed by atoms with Gasteiger partial charge in [-0.2, -0.15) is 0 Å². The number of aromatic nitrogens is 1. The summed E-state index contributed by atoms with van der Waals surface area (Å²) in [6.07, 6.45) is -2.96.